The number of allylic oxidation sites excluding steroid dienone is 3. The Kier molecular flexibility index (Phi) is 4.82. The summed E-state index contributed by atoms with van der Waals surface area (Å²) in [5, 5.41) is 41.6. The molecule has 0 saturated heterocycles. The van der Waals surface area contributed by atoms with Crippen LogP contribution in [0.15, 0.2) is 45.6 Å². The molecule has 0 atom stereocenters. The number of phenols is 4. The standard InChI is InChI=1S/C23H24O6/c1-6-23(4,5)17-15(25)10-14(24)16-19(27)13-9-12(8-7-11(2)3)18(26)20(28)21(13)29-22(16)17/h6-7,9-10,24-26,28H,1,8H2,2-5H3. The molecule has 0 aliphatic carbocycles. The summed E-state index contributed by atoms with van der Waals surface area (Å²) < 4.78 is 5.81. The first-order valence-corrected chi connectivity index (χ1v) is 9.16. The molecule has 0 saturated carbocycles. The van der Waals surface area contributed by atoms with E-state index in [1.54, 1.807) is 19.9 Å². The van der Waals surface area contributed by atoms with Crippen LogP contribution in [0.25, 0.3) is 21.9 Å². The first kappa shape index (κ1) is 20.3. The van der Waals surface area contributed by atoms with Crippen LogP contribution in [0.2, 0.25) is 0 Å². The highest BCUT2D eigenvalue weighted by atomic mass is 16.4. The summed E-state index contributed by atoms with van der Waals surface area (Å²) in [4.78, 5) is 13.2. The molecule has 29 heavy (non-hydrogen) atoms. The number of rotatable bonds is 4. The van der Waals surface area contributed by atoms with E-state index in [1.165, 1.54) is 6.07 Å². The largest absolute Gasteiger partial charge is 0.507 e. The maximum Gasteiger partial charge on any atom is 0.204 e. The van der Waals surface area contributed by atoms with Crippen molar-refractivity contribution in [3.8, 4) is 23.0 Å². The summed E-state index contributed by atoms with van der Waals surface area (Å²) in [6, 6.07) is 2.54. The predicted molar refractivity (Wildman–Crippen MR) is 113 cm³/mol. The number of hydrogen-bond donors (Lipinski definition) is 4. The fourth-order valence-corrected chi connectivity index (χ4v) is 3.35. The van der Waals surface area contributed by atoms with Crippen molar-refractivity contribution in [2.24, 2.45) is 0 Å². The number of aromatic hydroxyl groups is 4. The molecule has 0 fully saturated rings. The average Bonchev–Trinajstić information content (AvgIpc) is 2.63. The highest BCUT2D eigenvalue weighted by Crippen LogP contribution is 2.44. The second kappa shape index (κ2) is 6.88. The van der Waals surface area contributed by atoms with E-state index in [4.69, 9.17) is 4.42 Å². The van der Waals surface area contributed by atoms with Crippen molar-refractivity contribution in [2.45, 2.75) is 39.5 Å². The van der Waals surface area contributed by atoms with Gasteiger partial charge in [-0.25, -0.2) is 0 Å². The Bertz CT molecular complexity index is 1240. The molecule has 4 N–H and O–H groups in total. The normalized spacial score (nSPS) is 11.7. The van der Waals surface area contributed by atoms with E-state index in [2.05, 4.69) is 6.58 Å². The lowest BCUT2D eigenvalue weighted by atomic mass is 9.82. The van der Waals surface area contributed by atoms with Gasteiger partial charge in [0.1, 0.15) is 22.5 Å². The van der Waals surface area contributed by atoms with Crippen molar-refractivity contribution in [1.82, 2.24) is 0 Å². The fourth-order valence-electron chi connectivity index (χ4n) is 3.35. The van der Waals surface area contributed by atoms with Crippen molar-refractivity contribution in [3.63, 3.8) is 0 Å². The molecule has 0 aliphatic heterocycles. The minimum Gasteiger partial charge on any atom is -0.507 e. The quantitative estimate of drug-likeness (QED) is 0.288. The van der Waals surface area contributed by atoms with Crippen LogP contribution in [0.1, 0.15) is 38.8 Å². The third-order valence-corrected chi connectivity index (χ3v) is 5.11. The Morgan fingerprint density at radius 2 is 1.72 bits per heavy atom. The smallest absolute Gasteiger partial charge is 0.204 e. The molecule has 6 heteroatoms. The zero-order valence-corrected chi connectivity index (χ0v) is 16.8. The van der Waals surface area contributed by atoms with Gasteiger partial charge in [0.15, 0.2) is 11.3 Å². The minimum atomic E-state index is -0.805. The zero-order chi connectivity index (χ0) is 21.7. The molecule has 3 rings (SSSR count). The van der Waals surface area contributed by atoms with Crippen molar-refractivity contribution in [2.75, 3.05) is 0 Å². The van der Waals surface area contributed by atoms with E-state index in [0.717, 1.165) is 11.6 Å². The molecule has 0 spiro atoms. The lowest BCUT2D eigenvalue weighted by molar-refractivity contribution is 0.397. The van der Waals surface area contributed by atoms with Gasteiger partial charge in [0.05, 0.1) is 5.39 Å². The first-order chi connectivity index (χ1) is 13.5. The Hall–Kier alpha value is -3.41. The molecule has 2 aromatic carbocycles. The van der Waals surface area contributed by atoms with E-state index < -0.39 is 22.3 Å². The van der Waals surface area contributed by atoms with Crippen molar-refractivity contribution in [3.05, 3.63) is 57.8 Å². The van der Waals surface area contributed by atoms with Gasteiger partial charge in [-0.05, 0) is 26.3 Å². The van der Waals surface area contributed by atoms with Crippen molar-refractivity contribution in [1.29, 1.82) is 0 Å². The fraction of sp³-hybridized carbons (Fsp3) is 0.261. The summed E-state index contributed by atoms with van der Waals surface area (Å²) >= 11 is 0. The highest BCUT2D eigenvalue weighted by molar-refractivity contribution is 5.99. The van der Waals surface area contributed by atoms with Gasteiger partial charge in [0.25, 0.3) is 0 Å². The second-order valence-electron chi connectivity index (χ2n) is 7.95. The molecular weight excluding hydrogens is 372 g/mol. The molecule has 3 aromatic rings. The van der Waals surface area contributed by atoms with Gasteiger partial charge in [-0.15, -0.1) is 6.58 Å². The average molecular weight is 396 g/mol. The van der Waals surface area contributed by atoms with Crippen LogP contribution in [0.3, 0.4) is 0 Å². The third kappa shape index (κ3) is 3.20. The predicted octanol–water partition coefficient (Wildman–Crippen LogP) is 4.74. The van der Waals surface area contributed by atoms with E-state index in [-0.39, 0.29) is 39.0 Å². The summed E-state index contributed by atoms with van der Waals surface area (Å²) in [6.07, 6.45) is 3.73. The summed E-state index contributed by atoms with van der Waals surface area (Å²) in [6.45, 7) is 11.1. The van der Waals surface area contributed by atoms with E-state index in [1.807, 2.05) is 19.9 Å². The van der Waals surface area contributed by atoms with Crippen LogP contribution >= 0.6 is 0 Å². The summed E-state index contributed by atoms with van der Waals surface area (Å²) in [5.41, 5.74) is -0.0587. The van der Waals surface area contributed by atoms with Crippen LogP contribution in [-0.2, 0) is 11.8 Å². The maximum atomic E-state index is 13.2. The lowest BCUT2D eigenvalue weighted by Crippen LogP contribution is -2.15. The first-order valence-electron chi connectivity index (χ1n) is 9.16. The number of phenolic OH excluding ortho intramolecular Hbond substituents is 4. The van der Waals surface area contributed by atoms with Crippen LogP contribution in [0, 0.1) is 0 Å². The number of fused-ring (bicyclic) bond motifs is 2. The van der Waals surface area contributed by atoms with Crippen LogP contribution < -0.4 is 5.43 Å². The molecular formula is C23H24O6. The van der Waals surface area contributed by atoms with Crippen LogP contribution in [-0.4, -0.2) is 20.4 Å². The Morgan fingerprint density at radius 3 is 2.31 bits per heavy atom. The second-order valence-corrected chi connectivity index (χ2v) is 7.95. The van der Waals surface area contributed by atoms with Gasteiger partial charge in [0, 0.05) is 22.6 Å². The van der Waals surface area contributed by atoms with Crippen LogP contribution in [0.5, 0.6) is 23.0 Å². The van der Waals surface area contributed by atoms with Gasteiger partial charge in [-0.1, -0.05) is 31.6 Å². The molecule has 6 nitrogen and oxygen atoms in total. The van der Waals surface area contributed by atoms with Crippen molar-refractivity contribution >= 4 is 21.9 Å². The molecule has 0 amide bonds. The maximum absolute atomic E-state index is 13.2. The number of hydrogen-bond acceptors (Lipinski definition) is 6. The van der Waals surface area contributed by atoms with Crippen LogP contribution in [0.4, 0.5) is 0 Å². The van der Waals surface area contributed by atoms with Gasteiger partial charge in [-0.3, -0.25) is 4.79 Å². The molecule has 152 valence electrons. The monoisotopic (exact) mass is 396 g/mol. The van der Waals surface area contributed by atoms with E-state index in [0.29, 0.717) is 12.0 Å². The molecule has 0 aliphatic rings. The topological polar surface area (TPSA) is 111 Å². The molecule has 1 aromatic heterocycles. The third-order valence-electron chi connectivity index (χ3n) is 5.11. The van der Waals surface area contributed by atoms with Crippen molar-refractivity contribution < 1.29 is 24.8 Å². The van der Waals surface area contributed by atoms with Gasteiger partial charge < -0.3 is 24.8 Å². The Labute approximate surface area is 167 Å². The molecule has 1 heterocycles. The van der Waals surface area contributed by atoms with E-state index in [9.17, 15) is 25.2 Å². The molecule has 0 radical (unpaired) electrons. The minimum absolute atomic E-state index is 0.0216. The lowest BCUT2D eigenvalue weighted by Gasteiger charge is -2.23. The molecule has 0 unspecified atom stereocenters. The van der Waals surface area contributed by atoms with Gasteiger partial charge in [-0.2, -0.15) is 0 Å². The highest BCUT2D eigenvalue weighted by Gasteiger charge is 2.29. The van der Waals surface area contributed by atoms with Gasteiger partial charge >= 0.3 is 0 Å². The van der Waals surface area contributed by atoms with Gasteiger partial charge in [0.2, 0.25) is 11.2 Å². The SMILES string of the molecule is C=CC(C)(C)c1c(O)cc(O)c2c(=O)c3cc(CC=C(C)C)c(O)c(O)c3oc12. The number of benzene rings is 2. The Morgan fingerprint density at radius 1 is 1.07 bits per heavy atom. The zero-order valence-electron chi connectivity index (χ0n) is 16.8. The summed E-state index contributed by atoms with van der Waals surface area (Å²) in [5.74, 6) is -1.66. The Balaban J connectivity index is 2.52. The molecule has 0 bridgehead atoms. The summed E-state index contributed by atoms with van der Waals surface area (Å²) in [7, 11) is 0. The van der Waals surface area contributed by atoms with E-state index >= 15 is 0 Å².